The molecule has 4 aliphatic carbocycles. The zero-order valence-electron chi connectivity index (χ0n) is 61.8. The number of hydrogen-bond acceptors (Lipinski definition) is 12. The molecular formula is C73H116ClF3N12O12. The number of hydrogen-bond donors (Lipinski definition) is 3. The number of fused-ring (bicyclic) bond motifs is 2. The second kappa shape index (κ2) is 35.0. The summed E-state index contributed by atoms with van der Waals surface area (Å²) in [5, 5.41) is 7.70. The van der Waals surface area contributed by atoms with E-state index in [-0.39, 0.29) is 95.1 Å². The molecule has 0 aromatic heterocycles. The number of amides is 12. The Morgan fingerprint density at radius 1 is 0.594 bits per heavy atom. The van der Waals surface area contributed by atoms with E-state index in [0.717, 1.165) is 51.4 Å². The Morgan fingerprint density at radius 3 is 1.81 bits per heavy atom. The van der Waals surface area contributed by atoms with Gasteiger partial charge in [-0.05, 0) is 139 Å². The third-order valence-corrected chi connectivity index (χ3v) is 24.8. The molecular weight excluding hydrogens is 1330 g/mol. The maximum atomic E-state index is 15.5. The number of alkyl halides is 4. The van der Waals surface area contributed by atoms with Gasteiger partial charge in [-0.25, -0.2) is 0 Å². The van der Waals surface area contributed by atoms with E-state index in [4.69, 9.17) is 11.6 Å². The summed E-state index contributed by atoms with van der Waals surface area (Å²) in [6.45, 7) is 9.13. The van der Waals surface area contributed by atoms with Crippen LogP contribution in [0.2, 0.25) is 0 Å². The number of halogens is 4. The minimum atomic E-state index is -4.51. The molecule has 4 heterocycles. The maximum Gasteiger partial charge on any atom is 0.393 e. The first kappa shape index (κ1) is 80.4. The van der Waals surface area contributed by atoms with E-state index < -0.39 is 173 Å². The van der Waals surface area contributed by atoms with E-state index in [0.29, 0.717) is 64.5 Å². The predicted octanol–water partition coefficient (Wildman–Crippen LogP) is 6.24. The number of piperidine rings is 1. The fourth-order valence-corrected chi connectivity index (χ4v) is 18.1. The average molecular weight is 1450 g/mol. The molecule has 3 unspecified atom stereocenters. The van der Waals surface area contributed by atoms with Crippen molar-refractivity contribution in [1.82, 2.24) is 60.0 Å². The molecule has 12 amide bonds. The lowest BCUT2D eigenvalue weighted by molar-refractivity contribution is -0.182. The SMILES string of the molecule is CC[C@H](C)[C@@H]1NC(=O)[C@H](C2CCCC2)N(C)C(=O)C[C@@H](C(=O)N2CCCCC2)N(C)C(=O)[C@H](C(C)C)N(C)C(=O)C2(CCCC2)NC(=O)[C@@H]2CCCN2C(=O)[C@H](CCC2CCC(C(F)(F)F)C(Cl)C2)NC(=O)CN(C)C(=O)[C@H](CC2CCCCC2)N(C)C(=O)[C@@H]2CCN2C(=O)[C@H](C)N(C)C1=O. The molecule has 568 valence electrons. The molecule has 4 aliphatic heterocycles. The molecule has 8 aliphatic rings. The van der Waals surface area contributed by atoms with Crippen LogP contribution in [0.25, 0.3) is 0 Å². The predicted molar refractivity (Wildman–Crippen MR) is 372 cm³/mol. The minimum absolute atomic E-state index is 0.00281. The van der Waals surface area contributed by atoms with Crippen LogP contribution in [0, 0.1) is 35.5 Å². The highest BCUT2D eigenvalue weighted by atomic mass is 35.5. The Balaban J connectivity index is 1.16. The van der Waals surface area contributed by atoms with Crippen molar-refractivity contribution >= 4 is 82.5 Å². The first-order chi connectivity index (χ1) is 47.7. The summed E-state index contributed by atoms with van der Waals surface area (Å²) in [7, 11) is 8.78. The molecule has 1 spiro atoms. The van der Waals surface area contributed by atoms with Gasteiger partial charge in [0.15, 0.2) is 0 Å². The molecule has 101 heavy (non-hydrogen) atoms. The smallest absolute Gasteiger partial charge is 0.343 e. The van der Waals surface area contributed by atoms with Crippen molar-refractivity contribution in [3.05, 3.63) is 0 Å². The highest BCUT2D eigenvalue weighted by molar-refractivity contribution is 6.21. The Kier molecular flexibility index (Phi) is 27.9. The largest absolute Gasteiger partial charge is 0.393 e. The van der Waals surface area contributed by atoms with E-state index >= 15 is 38.4 Å². The van der Waals surface area contributed by atoms with Gasteiger partial charge in [0.25, 0.3) is 0 Å². The van der Waals surface area contributed by atoms with Crippen LogP contribution in [-0.4, -0.2) is 261 Å². The van der Waals surface area contributed by atoms with Gasteiger partial charge in [-0.3, -0.25) is 57.5 Å². The summed E-state index contributed by atoms with van der Waals surface area (Å²) in [6.07, 6.45) is 7.28. The highest BCUT2D eigenvalue weighted by Gasteiger charge is 2.53. The highest BCUT2D eigenvalue weighted by Crippen LogP contribution is 2.44. The second-order valence-electron chi connectivity index (χ2n) is 31.4. The van der Waals surface area contributed by atoms with E-state index in [1.165, 1.54) is 81.5 Å². The van der Waals surface area contributed by atoms with Crippen LogP contribution in [-0.2, 0) is 57.5 Å². The first-order valence-corrected chi connectivity index (χ1v) is 38.3. The summed E-state index contributed by atoms with van der Waals surface area (Å²) < 4.78 is 42.1. The van der Waals surface area contributed by atoms with Crippen molar-refractivity contribution in [2.24, 2.45) is 35.5 Å². The Labute approximate surface area is 600 Å². The first-order valence-electron chi connectivity index (χ1n) is 37.8. The van der Waals surface area contributed by atoms with Crippen LogP contribution in [0.4, 0.5) is 13.2 Å². The lowest BCUT2D eigenvalue weighted by Gasteiger charge is -2.45. The van der Waals surface area contributed by atoms with Crippen LogP contribution in [0.1, 0.15) is 208 Å². The zero-order chi connectivity index (χ0) is 74.1. The Morgan fingerprint density at radius 2 is 1.22 bits per heavy atom. The average Bonchev–Trinajstić information content (AvgIpc) is 1.77. The molecule has 4 saturated carbocycles. The van der Waals surface area contributed by atoms with Crippen LogP contribution >= 0.6 is 11.6 Å². The minimum Gasteiger partial charge on any atom is -0.343 e. The van der Waals surface area contributed by atoms with E-state index in [1.54, 1.807) is 32.6 Å². The number of likely N-dealkylation sites (tertiary alicyclic amines) is 1. The maximum absolute atomic E-state index is 15.5. The monoisotopic (exact) mass is 1440 g/mol. The summed E-state index contributed by atoms with van der Waals surface area (Å²) in [5.41, 5.74) is -1.56. The van der Waals surface area contributed by atoms with Crippen LogP contribution in [0.15, 0.2) is 0 Å². The van der Waals surface area contributed by atoms with Crippen LogP contribution in [0.5, 0.6) is 0 Å². The molecule has 8 rings (SSSR count). The molecule has 0 aromatic rings. The standard InChI is InChI=1S/C73H116ClF3N12O12/c1-12-45(4)59-69(99)82(7)46(5)64(94)89-39-33-54(89)67(97)83(8)55(41-47-24-15-13-16-25-47)66(96)81(6)43-57(90)78-52(32-30-48-29-31-50(51(74)40-48)73(75,76)77)65(95)88-38-23-28-53(88)62(92)80-72(34-19-20-35-72)71(101)86(11)60(44(2)3)70(100)84(9)56(68(98)87-36-21-14-22-37-87)42-58(91)85(10)61(63(93)79-59)49-26-17-18-27-49/h44-56,59-61H,12-43H2,1-11H3,(H,78,90)(H,79,93)(H,80,92)/t45-,46-,48?,50?,51?,52-,53-,54-,55-,56-,59-,60-,61-/m0/s1. The van der Waals surface area contributed by atoms with Crippen molar-refractivity contribution in [1.29, 1.82) is 0 Å². The second-order valence-corrected chi connectivity index (χ2v) is 32.0. The Hall–Kier alpha value is -6.28. The number of rotatable bonds is 10. The molecule has 4 saturated heterocycles. The van der Waals surface area contributed by atoms with Gasteiger partial charge in [0.2, 0.25) is 70.9 Å². The van der Waals surface area contributed by atoms with Gasteiger partial charge in [-0.15, -0.1) is 11.6 Å². The number of carbonyl (C=O) groups excluding carboxylic acids is 12. The van der Waals surface area contributed by atoms with Gasteiger partial charge < -0.3 is 60.0 Å². The van der Waals surface area contributed by atoms with E-state index in [9.17, 15) is 32.3 Å². The fourth-order valence-electron chi connectivity index (χ4n) is 17.5. The lowest BCUT2D eigenvalue weighted by Crippen LogP contribution is -2.65. The van der Waals surface area contributed by atoms with Crippen molar-refractivity contribution in [2.75, 3.05) is 75.0 Å². The molecule has 0 bridgehead atoms. The van der Waals surface area contributed by atoms with Crippen molar-refractivity contribution in [3.63, 3.8) is 0 Å². The topological polar surface area (TPSA) is 270 Å². The molecule has 0 aromatic carbocycles. The molecule has 13 atom stereocenters. The van der Waals surface area contributed by atoms with Gasteiger partial charge in [0, 0.05) is 73.8 Å². The van der Waals surface area contributed by atoms with Gasteiger partial charge in [-0.1, -0.05) is 91.9 Å². The third kappa shape index (κ3) is 18.6. The van der Waals surface area contributed by atoms with Gasteiger partial charge >= 0.3 is 6.18 Å². The van der Waals surface area contributed by atoms with Crippen molar-refractivity contribution in [2.45, 2.75) is 279 Å². The number of nitrogens with one attached hydrogen (secondary N) is 3. The zero-order valence-corrected chi connectivity index (χ0v) is 62.6. The normalized spacial score (nSPS) is 31.7. The van der Waals surface area contributed by atoms with Crippen molar-refractivity contribution in [3.8, 4) is 0 Å². The number of nitrogens with zero attached hydrogens (tertiary/aromatic N) is 9. The molecule has 8 fully saturated rings. The summed E-state index contributed by atoms with van der Waals surface area (Å²) >= 11 is 6.41. The third-order valence-electron chi connectivity index (χ3n) is 24.3. The number of carbonyl (C=O) groups is 12. The van der Waals surface area contributed by atoms with Gasteiger partial charge in [0.1, 0.15) is 59.9 Å². The molecule has 24 nitrogen and oxygen atoms in total. The molecule has 3 N–H and O–H groups in total. The summed E-state index contributed by atoms with van der Waals surface area (Å²) in [4.78, 5) is 193. The van der Waals surface area contributed by atoms with E-state index in [2.05, 4.69) is 16.0 Å². The van der Waals surface area contributed by atoms with Gasteiger partial charge in [-0.2, -0.15) is 13.2 Å². The summed E-state index contributed by atoms with van der Waals surface area (Å²) in [6, 6.07) is -10.7. The fraction of sp³-hybridized carbons (Fsp3) is 0.836. The summed E-state index contributed by atoms with van der Waals surface area (Å²) in [5.74, 6) is -10.6. The van der Waals surface area contributed by atoms with Crippen LogP contribution < -0.4 is 16.0 Å². The quantitative estimate of drug-likeness (QED) is 0.205. The Bertz CT molecular complexity index is 2990. The number of likely N-dealkylation sites (N-methyl/N-ethyl adjacent to an activating group) is 6. The van der Waals surface area contributed by atoms with Crippen LogP contribution in [0.3, 0.4) is 0 Å². The van der Waals surface area contributed by atoms with Gasteiger partial charge in [0.05, 0.1) is 18.9 Å². The van der Waals surface area contributed by atoms with E-state index in [1.807, 2.05) is 6.92 Å². The lowest BCUT2D eigenvalue weighted by atomic mass is 9.78. The van der Waals surface area contributed by atoms with Crippen molar-refractivity contribution < 1.29 is 70.7 Å². The molecule has 28 heteroatoms. The molecule has 0 radical (unpaired) electrons.